The number of ether oxygens (including phenoxy) is 1. The first-order valence-corrected chi connectivity index (χ1v) is 8.51. The fourth-order valence-electron chi connectivity index (χ4n) is 2.68. The quantitative estimate of drug-likeness (QED) is 0.752. The summed E-state index contributed by atoms with van der Waals surface area (Å²) in [4.78, 5) is 15.9. The van der Waals surface area contributed by atoms with Crippen molar-refractivity contribution >= 4 is 11.8 Å². The molecule has 25 heavy (non-hydrogen) atoms. The van der Waals surface area contributed by atoms with Crippen LogP contribution >= 0.6 is 0 Å². The number of nitrogens with zero attached hydrogens (tertiary/aromatic N) is 2. The normalized spacial score (nSPS) is 18.0. The predicted octanol–water partition coefficient (Wildman–Crippen LogP) is 1.13. The highest BCUT2D eigenvalue weighted by Gasteiger charge is 2.26. The van der Waals surface area contributed by atoms with Gasteiger partial charge in [0.25, 0.3) is 0 Å². The van der Waals surface area contributed by atoms with E-state index in [4.69, 9.17) is 9.84 Å². The molecule has 140 valence electrons. The molecule has 1 saturated heterocycles. The number of amides is 1. The molecule has 1 aliphatic heterocycles. The summed E-state index contributed by atoms with van der Waals surface area (Å²) in [5.74, 6) is 0. The molecule has 1 heterocycles. The van der Waals surface area contributed by atoms with Crippen LogP contribution in [0.1, 0.15) is 32.4 Å². The van der Waals surface area contributed by atoms with Crippen molar-refractivity contribution in [3.63, 3.8) is 0 Å². The molecule has 0 aromatic heterocycles. The van der Waals surface area contributed by atoms with E-state index in [1.165, 1.54) is 0 Å². The van der Waals surface area contributed by atoms with E-state index in [-0.39, 0.29) is 6.09 Å². The van der Waals surface area contributed by atoms with Crippen molar-refractivity contribution in [1.29, 1.82) is 0 Å². The van der Waals surface area contributed by atoms with Gasteiger partial charge in [0.2, 0.25) is 0 Å². The smallest absolute Gasteiger partial charge is 0.410 e. The number of carbonyl (C=O) groups excluding carboxylic acids is 1. The molecule has 0 spiro atoms. The zero-order chi connectivity index (χ0) is 18.6. The van der Waals surface area contributed by atoms with Crippen LogP contribution in [-0.2, 0) is 4.74 Å². The van der Waals surface area contributed by atoms with Gasteiger partial charge in [-0.15, -0.1) is 0 Å². The highest BCUT2D eigenvalue weighted by molar-refractivity contribution is 5.68. The van der Waals surface area contributed by atoms with Gasteiger partial charge >= 0.3 is 6.09 Å². The Morgan fingerprint density at radius 3 is 2.16 bits per heavy atom. The summed E-state index contributed by atoms with van der Waals surface area (Å²) in [6.45, 7) is 7.63. The van der Waals surface area contributed by atoms with Crippen LogP contribution < -0.4 is 4.90 Å². The van der Waals surface area contributed by atoms with Crippen molar-refractivity contribution in [3.05, 3.63) is 29.8 Å². The van der Waals surface area contributed by atoms with Crippen molar-refractivity contribution in [1.82, 2.24) is 4.90 Å². The summed E-state index contributed by atoms with van der Waals surface area (Å²) in [6, 6.07) is 7.20. The second kappa shape index (κ2) is 8.03. The van der Waals surface area contributed by atoms with E-state index in [1.54, 1.807) is 17.0 Å². The average molecular weight is 352 g/mol. The van der Waals surface area contributed by atoms with E-state index in [0.29, 0.717) is 31.7 Å². The fraction of sp³-hybridized carbons (Fsp3) is 0.611. The molecule has 0 radical (unpaired) electrons. The molecule has 1 aliphatic rings. The Labute approximate surface area is 148 Å². The first-order valence-electron chi connectivity index (χ1n) is 8.51. The number of piperazine rings is 1. The third-order valence-electron chi connectivity index (χ3n) is 4.08. The first-order chi connectivity index (χ1) is 11.7. The molecular formula is C18H28N2O5. The third-order valence-corrected chi connectivity index (χ3v) is 4.08. The van der Waals surface area contributed by atoms with Crippen LogP contribution in [0.25, 0.3) is 0 Å². The summed E-state index contributed by atoms with van der Waals surface area (Å²) in [5, 5.41) is 28.3. The van der Waals surface area contributed by atoms with Crippen LogP contribution in [0.3, 0.4) is 0 Å². The van der Waals surface area contributed by atoms with E-state index < -0.39 is 24.4 Å². The van der Waals surface area contributed by atoms with Crippen molar-refractivity contribution in [2.75, 3.05) is 37.7 Å². The Bertz CT molecular complexity index is 562. The lowest BCUT2D eigenvalue weighted by atomic mass is 10.0. The number of hydrogen-bond acceptors (Lipinski definition) is 6. The molecule has 2 atom stereocenters. The Morgan fingerprint density at radius 2 is 1.68 bits per heavy atom. The van der Waals surface area contributed by atoms with Gasteiger partial charge in [0.1, 0.15) is 17.8 Å². The van der Waals surface area contributed by atoms with Crippen LogP contribution in [0.2, 0.25) is 0 Å². The maximum absolute atomic E-state index is 12.1. The number of aliphatic hydroxyl groups excluding tert-OH is 3. The molecule has 1 fully saturated rings. The zero-order valence-corrected chi connectivity index (χ0v) is 15.1. The second-order valence-corrected chi connectivity index (χ2v) is 7.24. The van der Waals surface area contributed by atoms with Crippen LogP contribution in [0.15, 0.2) is 24.3 Å². The van der Waals surface area contributed by atoms with Crippen molar-refractivity contribution < 1.29 is 24.9 Å². The van der Waals surface area contributed by atoms with Crippen LogP contribution in [0.5, 0.6) is 0 Å². The minimum absolute atomic E-state index is 0.288. The lowest BCUT2D eigenvalue weighted by Gasteiger charge is -2.36. The number of rotatable bonds is 4. The summed E-state index contributed by atoms with van der Waals surface area (Å²) in [6.07, 6.45) is -2.59. The third kappa shape index (κ3) is 5.32. The maximum atomic E-state index is 12.1. The monoisotopic (exact) mass is 352 g/mol. The molecule has 1 amide bonds. The first kappa shape index (κ1) is 19.5. The number of carbonyl (C=O) groups is 1. The summed E-state index contributed by atoms with van der Waals surface area (Å²) in [5.41, 5.74) is 1.04. The van der Waals surface area contributed by atoms with Crippen molar-refractivity contribution in [2.45, 2.75) is 38.6 Å². The minimum atomic E-state index is -1.19. The summed E-state index contributed by atoms with van der Waals surface area (Å²) in [7, 11) is 0. The minimum Gasteiger partial charge on any atom is -0.444 e. The van der Waals surface area contributed by atoms with E-state index in [1.807, 2.05) is 32.9 Å². The Hall–Kier alpha value is -1.83. The van der Waals surface area contributed by atoms with E-state index in [2.05, 4.69) is 4.90 Å². The predicted molar refractivity (Wildman–Crippen MR) is 94.5 cm³/mol. The summed E-state index contributed by atoms with van der Waals surface area (Å²) >= 11 is 0. The molecule has 7 nitrogen and oxygen atoms in total. The Morgan fingerprint density at radius 1 is 1.12 bits per heavy atom. The van der Waals surface area contributed by atoms with Crippen LogP contribution in [0.4, 0.5) is 10.5 Å². The lowest BCUT2D eigenvalue weighted by molar-refractivity contribution is -0.0152. The Kier molecular flexibility index (Phi) is 6.26. The molecular weight excluding hydrogens is 324 g/mol. The van der Waals surface area contributed by atoms with E-state index in [0.717, 1.165) is 5.69 Å². The highest BCUT2D eigenvalue weighted by atomic mass is 16.6. The number of anilines is 1. The Balaban J connectivity index is 1.91. The molecule has 0 aliphatic carbocycles. The standard InChI is InChI=1S/C18H28N2O5/c1-18(2,3)25-17(24)20-10-8-19(9-11-20)14-6-4-13(5-7-14)16(23)15(22)12-21/h4-7,15-16,21-23H,8-12H2,1-3H3. The highest BCUT2D eigenvalue weighted by Crippen LogP contribution is 2.23. The van der Waals surface area contributed by atoms with Crippen LogP contribution in [0, 0.1) is 0 Å². The van der Waals surface area contributed by atoms with Gasteiger partial charge in [0.15, 0.2) is 0 Å². The zero-order valence-electron chi connectivity index (χ0n) is 15.1. The van der Waals surface area contributed by atoms with Crippen molar-refractivity contribution in [2.24, 2.45) is 0 Å². The number of aliphatic hydroxyl groups is 3. The molecule has 3 N–H and O–H groups in total. The molecule has 2 unspecified atom stereocenters. The topological polar surface area (TPSA) is 93.5 Å². The van der Waals surface area contributed by atoms with Crippen LogP contribution in [-0.4, -0.2) is 70.8 Å². The van der Waals surface area contributed by atoms with E-state index in [9.17, 15) is 15.0 Å². The molecule has 0 saturated carbocycles. The van der Waals surface area contributed by atoms with Gasteiger partial charge in [-0.3, -0.25) is 0 Å². The number of hydrogen-bond donors (Lipinski definition) is 3. The molecule has 1 aromatic rings. The van der Waals surface area contributed by atoms with Crippen molar-refractivity contribution in [3.8, 4) is 0 Å². The molecule has 0 bridgehead atoms. The SMILES string of the molecule is CC(C)(C)OC(=O)N1CCN(c2ccc(C(O)C(O)CO)cc2)CC1. The second-order valence-electron chi connectivity index (χ2n) is 7.24. The fourth-order valence-corrected chi connectivity index (χ4v) is 2.68. The molecule has 2 rings (SSSR count). The van der Waals surface area contributed by atoms with Gasteiger partial charge in [-0.05, 0) is 38.5 Å². The largest absolute Gasteiger partial charge is 0.444 e. The van der Waals surface area contributed by atoms with Gasteiger partial charge in [0, 0.05) is 31.9 Å². The van der Waals surface area contributed by atoms with Gasteiger partial charge in [-0.2, -0.15) is 0 Å². The number of benzene rings is 1. The van der Waals surface area contributed by atoms with Gasteiger partial charge in [-0.25, -0.2) is 4.79 Å². The van der Waals surface area contributed by atoms with Gasteiger partial charge in [0.05, 0.1) is 6.61 Å². The maximum Gasteiger partial charge on any atom is 0.410 e. The summed E-state index contributed by atoms with van der Waals surface area (Å²) < 4.78 is 5.39. The average Bonchev–Trinajstić information content (AvgIpc) is 2.59. The van der Waals surface area contributed by atoms with Gasteiger partial charge in [-0.1, -0.05) is 12.1 Å². The van der Waals surface area contributed by atoms with Gasteiger partial charge < -0.3 is 29.9 Å². The van der Waals surface area contributed by atoms with E-state index >= 15 is 0 Å². The molecule has 7 heteroatoms. The molecule has 1 aromatic carbocycles. The lowest BCUT2D eigenvalue weighted by Crippen LogP contribution is -2.50.